The first-order valence-corrected chi connectivity index (χ1v) is 12.9. The zero-order chi connectivity index (χ0) is 25.4. The lowest BCUT2D eigenvalue weighted by Crippen LogP contribution is -2.37. The number of likely N-dealkylation sites (tertiary alicyclic amines) is 1. The van der Waals surface area contributed by atoms with Crippen molar-refractivity contribution < 1.29 is 19.3 Å². The molecule has 1 atom stereocenters. The zero-order valence-corrected chi connectivity index (χ0v) is 21.8. The van der Waals surface area contributed by atoms with Gasteiger partial charge in [0.2, 0.25) is 0 Å². The quantitative estimate of drug-likeness (QED) is 0.388. The Kier molecular flexibility index (Phi) is 8.88. The van der Waals surface area contributed by atoms with Crippen LogP contribution in [0.1, 0.15) is 42.6 Å². The third-order valence-electron chi connectivity index (χ3n) is 6.90. The van der Waals surface area contributed by atoms with Gasteiger partial charge in [-0.05, 0) is 75.9 Å². The Morgan fingerprint density at radius 2 is 1.83 bits per heavy atom. The van der Waals surface area contributed by atoms with Gasteiger partial charge in [0, 0.05) is 32.0 Å². The zero-order valence-electron chi connectivity index (χ0n) is 21.8. The second-order valence-electron chi connectivity index (χ2n) is 9.81. The summed E-state index contributed by atoms with van der Waals surface area (Å²) in [7, 11) is 1.67. The fraction of sp³-hybridized carbons (Fsp3) is 0.483. The number of hydrogen-bond acceptors (Lipinski definition) is 6. The summed E-state index contributed by atoms with van der Waals surface area (Å²) in [5.74, 6) is 3.34. The predicted octanol–water partition coefficient (Wildman–Crippen LogP) is 4.77. The van der Waals surface area contributed by atoms with Crippen LogP contribution in [0.5, 0.6) is 17.2 Å². The monoisotopic (exact) mass is 493 g/mol. The Morgan fingerprint density at radius 1 is 1.00 bits per heavy atom. The summed E-state index contributed by atoms with van der Waals surface area (Å²) in [6, 6.07) is 14.1. The average molecular weight is 494 g/mol. The van der Waals surface area contributed by atoms with Crippen LogP contribution in [0.25, 0.3) is 0 Å². The van der Waals surface area contributed by atoms with Crippen molar-refractivity contribution in [3.05, 3.63) is 71.8 Å². The Labute approximate surface area is 214 Å². The van der Waals surface area contributed by atoms with E-state index < -0.39 is 5.60 Å². The normalized spacial score (nSPS) is 18.6. The molecule has 194 valence electrons. The summed E-state index contributed by atoms with van der Waals surface area (Å²) >= 11 is 0. The molecule has 1 aliphatic heterocycles. The number of hydrogen-bond donors (Lipinski definition) is 1. The number of aromatic nitrogens is 2. The third kappa shape index (κ3) is 7.24. The van der Waals surface area contributed by atoms with E-state index in [9.17, 15) is 5.11 Å². The van der Waals surface area contributed by atoms with Gasteiger partial charge in [0.05, 0.1) is 19.3 Å². The maximum absolute atomic E-state index is 11.2. The maximum Gasteiger partial charge on any atom is 0.161 e. The van der Waals surface area contributed by atoms with E-state index in [1.807, 2.05) is 49.6 Å². The molecule has 1 fully saturated rings. The molecule has 1 N–H and O–H groups in total. The van der Waals surface area contributed by atoms with E-state index in [-0.39, 0.29) is 0 Å². The van der Waals surface area contributed by atoms with Crippen molar-refractivity contribution in [3.63, 3.8) is 0 Å². The lowest BCUT2D eigenvalue weighted by Gasteiger charge is -2.27. The van der Waals surface area contributed by atoms with E-state index in [1.54, 1.807) is 7.11 Å². The van der Waals surface area contributed by atoms with E-state index in [0.717, 1.165) is 68.5 Å². The molecule has 7 nitrogen and oxygen atoms in total. The van der Waals surface area contributed by atoms with Gasteiger partial charge >= 0.3 is 0 Å². The highest BCUT2D eigenvalue weighted by Crippen LogP contribution is 2.30. The standard InChI is InChI=1S/C29H39N3O4/c1-23-6-9-26(10-7-23)36-22-29(33)12-4-15-31(17-13-29)21-25-8-11-27(34-3)28(20-25)35-19-5-16-32-18-14-30-24(32)2/h6-11,14,18,20,33H,4-5,12-13,15-17,19,21-22H2,1-3H3/t29-/m1/s1. The van der Waals surface area contributed by atoms with Crippen LogP contribution in [0, 0.1) is 13.8 Å². The van der Waals surface area contributed by atoms with Crippen LogP contribution in [0.3, 0.4) is 0 Å². The molecule has 36 heavy (non-hydrogen) atoms. The highest BCUT2D eigenvalue weighted by atomic mass is 16.5. The lowest BCUT2D eigenvalue weighted by molar-refractivity contribution is -0.0168. The number of benzene rings is 2. The van der Waals surface area contributed by atoms with Gasteiger partial charge in [-0.1, -0.05) is 23.8 Å². The topological polar surface area (TPSA) is 69.0 Å². The Balaban J connectivity index is 1.28. The molecular weight excluding hydrogens is 454 g/mol. The van der Waals surface area contributed by atoms with Crippen LogP contribution in [0.15, 0.2) is 54.9 Å². The van der Waals surface area contributed by atoms with Gasteiger partial charge in [-0.2, -0.15) is 0 Å². The average Bonchev–Trinajstić information content (AvgIpc) is 3.20. The molecule has 0 amide bonds. The number of rotatable bonds is 11. The van der Waals surface area contributed by atoms with Crippen LogP contribution in [-0.2, 0) is 13.1 Å². The second kappa shape index (κ2) is 12.3. The van der Waals surface area contributed by atoms with Crippen LogP contribution < -0.4 is 14.2 Å². The summed E-state index contributed by atoms with van der Waals surface area (Å²) < 4.78 is 19.7. The Bertz CT molecular complexity index is 1100. The van der Waals surface area contributed by atoms with E-state index in [0.29, 0.717) is 19.6 Å². The number of methoxy groups -OCH3 is 1. The largest absolute Gasteiger partial charge is 0.493 e. The number of nitrogens with zero attached hydrogens (tertiary/aromatic N) is 3. The van der Waals surface area contributed by atoms with E-state index in [2.05, 4.69) is 33.5 Å². The van der Waals surface area contributed by atoms with Gasteiger partial charge in [0.1, 0.15) is 18.2 Å². The maximum atomic E-state index is 11.2. The van der Waals surface area contributed by atoms with Gasteiger partial charge in [-0.3, -0.25) is 4.90 Å². The molecule has 2 heterocycles. The number of aryl methyl sites for hydroxylation is 3. The minimum absolute atomic E-state index is 0.322. The van der Waals surface area contributed by atoms with Crippen molar-refractivity contribution >= 4 is 0 Å². The molecule has 0 radical (unpaired) electrons. The third-order valence-corrected chi connectivity index (χ3v) is 6.90. The number of ether oxygens (including phenoxy) is 3. The molecule has 0 spiro atoms. The molecule has 1 aliphatic rings. The smallest absolute Gasteiger partial charge is 0.161 e. The van der Waals surface area contributed by atoms with Crippen LogP contribution >= 0.6 is 0 Å². The van der Waals surface area contributed by atoms with Crippen LogP contribution in [0.2, 0.25) is 0 Å². The molecule has 1 aromatic heterocycles. The molecule has 0 unspecified atom stereocenters. The number of aliphatic hydroxyl groups is 1. The molecule has 3 aromatic rings. The highest BCUT2D eigenvalue weighted by molar-refractivity contribution is 5.43. The molecule has 0 bridgehead atoms. The van der Waals surface area contributed by atoms with Crippen LogP contribution in [-0.4, -0.2) is 58.6 Å². The Hall–Kier alpha value is -3.03. The molecular formula is C29H39N3O4. The molecule has 1 saturated heterocycles. The fourth-order valence-corrected chi connectivity index (χ4v) is 4.64. The SMILES string of the molecule is COc1ccc(CN2CCC[C@](O)(COc3ccc(C)cc3)CC2)cc1OCCCn1ccnc1C. The summed E-state index contributed by atoms with van der Waals surface area (Å²) in [6.45, 7) is 8.44. The lowest BCUT2D eigenvalue weighted by atomic mass is 9.96. The molecule has 0 saturated carbocycles. The molecule has 0 aliphatic carbocycles. The first-order chi connectivity index (χ1) is 17.4. The van der Waals surface area contributed by atoms with Crippen molar-refractivity contribution in [2.24, 2.45) is 0 Å². The van der Waals surface area contributed by atoms with Crippen molar-refractivity contribution in [2.45, 2.75) is 58.2 Å². The van der Waals surface area contributed by atoms with Crippen LogP contribution in [0.4, 0.5) is 0 Å². The molecule has 7 heteroatoms. The van der Waals surface area contributed by atoms with E-state index in [4.69, 9.17) is 14.2 Å². The van der Waals surface area contributed by atoms with Gasteiger partial charge in [0.15, 0.2) is 11.5 Å². The van der Waals surface area contributed by atoms with E-state index in [1.165, 1.54) is 11.1 Å². The first kappa shape index (κ1) is 26.0. The second-order valence-corrected chi connectivity index (χ2v) is 9.81. The van der Waals surface area contributed by atoms with Gasteiger partial charge in [-0.25, -0.2) is 4.98 Å². The van der Waals surface area contributed by atoms with Crippen molar-refractivity contribution in [2.75, 3.05) is 33.4 Å². The molecule has 4 rings (SSSR count). The summed E-state index contributed by atoms with van der Waals surface area (Å²) in [4.78, 5) is 6.67. The first-order valence-electron chi connectivity index (χ1n) is 12.9. The minimum Gasteiger partial charge on any atom is -0.493 e. The predicted molar refractivity (Wildman–Crippen MR) is 141 cm³/mol. The molecule has 2 aromatic carbocycles. The van der Waals surface area contributed by atoms with Crippen molar-refractivity contribution in [1.82, 2.24) is 14.5 Å². The highest BCUT2D eigenvalue weighted by Gasteiger charge is 2.31. The summed E-state index contributed by atoms with van der Waals surface area (Å²) in [6.07, 6.45) is 7.06. The summed E-state index contributed by atoms with van der Waals surface area (Å²) in [5, 5.41) is 11.2. The number of imidazole rings is 1. The fourth-order valence-electron chi connectivity index (χ4n) is 4.64. The Morgan fingerprint density at radius 3 is 2.58 bits per heavy atom. The van der Waals surface area contributed by atoms with Gasteiger partial charge < -0.3 is 23.9 Å². The minimum atomic E-state index is -0.804. The van der Waals surface area contributed by atoms with Gasteiger partial charge in [-0.15, -0.1) is 0 Å². The van der Waals surface area contributed by atoms with Gasteiger partial charge in [0.25, 0.3) is 0 Å². The summed E-state index contributed by atoms with van der Waals surface area (Å²) in [5.41, 5.74) is 1.57. The van der Waals surface area contributed by atoms with Crippen molar-refractivity contribution in [3.8, 4) is 17.2 Å². The van der Waals surface area contributed by atoms with Crippen molar-refractivity contribution in [1.29, 1.82) is 0 Å². The van der Waals surface area contributed by atoms with E-state index >= 15 is 0 Å².